The fourth-order valence-electron chi connectivity index (χ4n) is 1.87. The van der Waals surface area contributed by atoms with Crippen molar-refractivity contribution in [1.29, 1.82) is 0 Å². The molecule has 2 N–H and O–H groups in total. The Hall–Kier alpha value is -1.30. The van der Waals surface area contributed by atoms with E-state index in [0.29, 0.717) is 12.1 Å². The third-order valence-corrected chi connectivity index (χ3v) is 4.64. The zero-order valence-corrected chi connectivity index (χ0v) is 9.94. The third-order valence-electron chi connectivity index (χ3n) is 2.89. The molecule has 0 radical (unpaired) electrons. The second-order valence-electron chi connectivity index (χ2n) is 4.12. The first-order valence-electron chi connectivity index (χ1n) is 5.13. The molecule has 2 heterocycles. The van der Waals surface area contributed by atoms with Crippen molar-refractivity contribution in [1.82, 2.24) is 4.98 Å². The Labute approximate surface area is 95.2 Å². The highest BCUT2D eigenvalue weighted by Crippen LogP contribution is 2.21. The van der Waals surface area contributed by atoms with Crippen LogP contribution in [0.2, 0.25) is 0 Å². The van der Waals surface area contributed by atoms with Gasteiger partial charge in [0.2, 0.25) is 0 Å². The van der Waals surface area contributed by atoms with E-state index in [9.17, 15) is 8.42 Å². The van der Waals surface area contributed by atoms with Crippen LogP contribution < -0.4 is 10.6 Å². The maximum absolute atomic E-state index is 11.4. The largest absolute Gasteiger partial charge is 0.397 e. The molecule has 88 valence electrons. The Bertz CT molecular complexity index is 469. The van der Waals surface area contributed by atoms with Gasteiger partial charge >= 0.3 is 0 Å². The van der Waals surface area contributed by atoms with E-state index in [1.54, 1.807) is 18.3 Å². The monoisotopic (exact) mass is 241 g/mol. The number of pyridine rings is 1. The van der Waals surface area contributed by atoms with E-state index in [4.69, 9.17) is 5.73 Å². The standard InChI is InChI=1S/C10H15N3O2S/c1-13(9-4-5-16(14,15)7-9)10-3-2-8(11)6-12-10/h2-3,6,9H,4-5,7,11H2,1H3. The first-order chi connectivity index (χ1) is 7.48. The summed E-state index contributed by atoms with van der Waals surface area (Å²) >= 11 is 0. The molecule has 0 aliphatic carbocycles. The molecule has 16 heavy (non-hydrogen) atoms. The molecule has 1 aliphatic heterocycles. The highest BCUT2D eigenvalue weighted by molar-refractivity contribution is 7.91. The molecule has 1 aromatic heterocycles. The number of hydrogen-bond acceptors (Lipinski definition) is 5. The fraction of sp³-hybridized carbons (Fsp3) is 0.500. The summed E-state index contributed by atoms with van der Waals surface area (Å²) in [6.07, 6.45) is 2.25. The van der Waals surface area contributed by atoms with Crippen molar-refractivity contribution in [3.63, 3.8) is 0 Å². The fourth-order valence-corrected chi connectivity index (χ4v) is 3.65. The number of nitrogen functional groups attached to an aromatic ring is 1. The first kappa shape index (κ1) is 11.2. The molecule has 0 spiro atoms. The summed E-state index contributed by atoms with van der Waals surface area (Å²) < 4.78 is 22.7. The van der Waals surface area contributed by atoms with E-state index in [0.717, 1.165) is 5.82 Å². The third kappa shape index (κ3) is 2.27. The van der Waals surface area contributed by atoms with Crippen LogP contribution in [0.4, 0.5) is 11.5 Å². The summed E-state index contributed by atoms with van der Waals surface area (Å²) in [6.45, 7) is 0. The quantitative estimate of drug-likeness (QED) is 0.805. The minimum Gasteiger partial charge on any atom is -0.397 e. The molecule has 1 fully saturated rings. The van der Waals surface area contributed by atoms with Gasteiger partial charge in [-0.15, -0.1) is 0 Å². The van der Waals surface area contributed by atoms with Crippen LogP contribution in [-0.4, -0.2) is 38.0 Å². The van der Waals surface area contributed by atoms with Gasteiger partial charge in [-0.25, -0.2) is 13.4 Å². The molecule has 5 nitrogen and oxygen atoms in total. The molecule has 1 aliphatic rings. The Kier molecular flexibility index (Phi) is 2.75. The smallest absolute Gasteiger partial charge is 0.152 e. The summed E-state index contributed by atoms with van der Waals surface area (Å²) in [7, 11) is -0.986. The number of sulfone groups is 1. The molecule has 2 rings (SSSR count). The second kappa shape index (κ2) is 3.93. The number of anilines is 2. The van der Waals surface area contributed by atoms with Gasteiger partial charge in [0, 0.05) is 13.1 Å². The van der Waals surface area contributed by atoms with Crippen LogP contribution in [0.1, 0.15) is 6.42 Å². The Morgan fingerprint density at radius 1 is 1.50 bits per heavy atom. The van der Waals surface area contributed by atoms with Gasteiger partial charge in [-0.2, -0.15) is 0 Å². The maximum Gasteiger partial charge on any atom is 0.152 e. The average molecular weight is 241 g/mol. The average Bonchev–Trinajstić information content (AvgIpc) is 2.59. The molecule has 1 atom stereocenters. The number of hydrogen-bond donors (Lipinski definition) is 1. The number of nitrogens with zero attached hydrogens (tertiary/aromatic N) is 2. The van der Waals surface area contributed by atoms with Gasteiger partial charge in [-0.05, 0) is 18.6 Å². The predicted molar refractivity (Wildman–Crippen MR) is 64.1 cm³/mol. The normalized spacial score (nSPS) is 23.2. The zero-order valence-electron chi connectivity index (χ0n) is 9.13. The van der Waals surface area contributed by atoms with E-state index in [1.807, 2.05) is 11.9 Å². The Balaban J connectivity index is 2.14. The molecular formula is C10H15N3O2S. The number of nitrogens with two attached hydrogens (primary N) is 1. The molecule has 1 saturated heterocycles. The van der Waals surface area contributed by atoms with Crippen LogP contribution in [0.25, 0.3) is 0 Å². The number of aromatic nitrogens is 1. The topological polar surface area (TPSA) is 76.3 Å². The molecule has 0 aromatic carbocycles. The van der Waals surface area contributed by atoms with Gasteiger partial charge in [0.1, 0.15) is 5.82 Å². The van der Waals surface area contributed by atoms with Crippen LogP contribution in [0, 0.1) is 0 Å². The van der Waals surface area contributed by atoms with Crippen molar-refractivity contribution in [2.45, 2.75) is 12.5 Å². The second-order valence-corrected chi connectivity index (χ2v) is 6.35. The van der Waals surface area contributed by atoms with Gasteiger partial charge in [0.05, 0.1) is 23.4 Å². The molecule has 0 saturated carbocycles. The minimum absolute atomic E-state index is 0.0288. The molecule has 0 amide bonds. The SMILES string of the molecule is CN(c1ccc(N)cn1)C1CCS(=O)(=O)C1. The predicted octanol–water partition coefficient (Wildman–Crippen LogP) is 0.287. The van der Waals surface area contributed by atoms with Crippen molar-refractivity contribution < 1.29 is 8.42 Å². The lowest BCUT2D eigenvalue weighted by atomic mass is 10.2. The van der Waals surface area contributed by atoms with Crippen molar-refractivity contribution in [3.05, 3.63) is 18.3 Å². The summed E-state index contributed by atoms with van der Waals surface area (Å²) in [5.74, 6) is 1.25. The molecule has 6 heteroatoms. The van der Waals surface area contributed by atoms with E-state index >= 15 is 0 Å². The van der Waals surface area contributed by atoms with Crippen molar-refractivity contribution >= 4 is 21.3 Å². The maximum atomic E-state index is 11.4. The van der Waals surface area contributed by atoms with E-state index < -0.39 is 9.84 Å². The zero-order chi connectivity index (χ0) is 11.8. The van der Waals surface area contributed by atoms with Crippen molar-refractivity contribution in [2.75, 3.05) is 29.2 Å². The van der Waals surface area contributed by atoms with Gasteiger partial charge in [-0.1, -0.05) is 0 Å². The van der Waals surface area contributed by atoms with Crippen molar-refractivity contribution in [3.8, 4) is 0 Å². The molecular weight excluding hydrogens is 226 g/mol. The minimum atomic E-state index is -2.85. The van der Waals surface area contributed by atoms with Gasteiger partial charge in [0.25, 0.3) is 0 Å². The van der Waals surface area contributed by atoms with Crippen molar-refractivity contribution in [2.24, 2.45) is 0 Å². The van der Waals surface area contributed by atoms with E-state index in [-0.39, 0.29) is 17.5 Å². The molecule has 1 aromatic rings. The Morgan fingerprint density at radius 3 is 2.75 bits per heavy atom. The van der Waals surface area contributed by atoms with Crippen LogP contribution in [0.3, 0.4) is 0 Å². The highest BCUT2D eigenvalue weighted by Gasteiger charge is 2.31. The Morgan fingerprint density at radius 2 is 2.25 bits per heavy atom. The van der Waals surface area contributed by atoms with Gasteiger partial charge < -0.3 is 10.6 Å². The van der Waals surface area contributed by atoms with Crippen LogP contribution in [0.15, 0.2) is 18.3 Å². The van der Waals surface area contributed by atoms with Crippen LogP contribution in [-0.2, 0) is 9.84 Å². The number of rotatable bonds is 2. The lowest BCUT2D eigenvalue weighted by Crippen LogP contribution is -2.33. The van der Waals surface area contributed by atoms with Gasteiger partial charge in [0.15, 0.2) is 9.84 Å². The molecule has 0 bridgehead atoms. The van der Waals surface area contributed by atoms with Crippen LogP contribution >= 0.6 is 0 Å². The lowest BCUT2D eigenvalue weighted by Gasteiger charge is -2.24. The summed E-state index contributed by atoms with van der Waals surface area (Å²) in [5.41, 5.74) is 6.15. The summed E-state index contributed by atoms with van der Waals surface area (Å²) in [5, 5.41) is 0. The summed E-state index contributed by atoms with van der Waals surface area (Å²) in [4.78, 5) is 6.08. The molecule has 1 unspecified atom stereocenters. The first-order valence-corrected chi connectivity index (χ1v) is 6.95. The van der Waals surface area contributed by atoms with E-state index in [2.05, 4.69) is 4.98 Å². The lowest BCUT2D eigenvalue weighted by molar-refractivity contribution is 0.600. The van der Waals surface area contributed by atoms with E-state index in [1.165, 1.54) is 0 Å². The summed E-state index contributed by atoms with van der Waals surface area (Å²) in [6, 6.07) is 3.60. The van der Waals surface area contributed by atoms with Crippen LogP contribution in [0.5, 0.6) is 0 Å². The van der Waals surface area contributed by atoms with Gasteiger partial charge in [-0.3, -0.25) is 0 Å². The highest BCUT2D eigenvalue weighted by atomic mass is 32.2.